The van der Waals surface area contributed by atoms with Gasteiger partial charge in [0.2, 0.25) is 0 Å². The zero-order chi connectivity index (χ0) is 17.3. The smallest absolute Gasteiger partial charge is 0.392 e. The molecule has 0 aliphatic rings. The maximum atomic E-state index is 11.6. The fourth-order valence-electron chi connectivity index (χ4n) is 2.25. The Morgan fingerprint density at radius 3 is 2.17 bits per heavy atom. The van der Waals surface area contributed by atoms with Crippen LogP contribution in [0.3, 0.4) is 0 Å². The molecule has 7 heteroatoms. The Morgan fingerprint density at radius 2 is 1.62 bits per heavy atom. The molecule has 2 aromatic carbocycles. The zero-order valence-corrected chi connectivity index (χ0v) is 13.4. The lowest BCUT2D eigenvalue weighted by atomic mass is 10.1. The predicted octanol–water partition coefficient (Wildman–Crippen LogP) is 3.11. The monoisotopic (exact) mass is 343 g/mol. The number of aromatic carboxylic acids is 1. The van der Waals surface area contributed by atoms with Gasteiger partial charge in [0.25, 0.3) is 0 Å². The molecule has 0 saturated heterocycles. The van der Waals surface area contributed by atoms with Crippen molar-refractivity contribution in [2.24, 2.45) is 0 Å². The summed E-state index contributed by atoms with van der Waals surface area (Å²) in [5, 5.41) is 9.13. The lowest BCUT2D eigenvalue weighted by molar-refractivity contribution is 0.0654. The average Bonchev–Trinajstić information content (AvgIpc) is 3.00. The van der Waals surface area contributed by atoms with E-state index in [4.69, 9.17) is 9.52 Å². The van der Waals surface area contributed by atoms with Gasteiger partial charge in [0, 0.05) is 17.4 Å². The van der Waals surface area contributed by atoms with Crippen molar-refractivity contribution in [3.63, 3.8) is 0 Å². The number of nitrogens with zero attached hydrogens (tertiary/aromatic N) is 1. The van der Waals surface area contributed by atoms with Gasteiger partial charge in [-0.1, -0.05) is 42.5 Å². The molecule has 0 bridgehead atoms. The molecule has 0 amide bonds. The number of carboxylic acids is 1. The summed E-state index contributed by atoms with van der Waals surface area (Å²) in [5.41, 5.74) is 1.59. The quantitative estimate of drug-likeness (QED) is 0.782. The van der Waals surface area contributed by atoms with Gasteiger partial charge >= 0.3 is 11.9 Å². The Bertz CT molecular complexity index is 989. The minimum atomic E-state index is -3.31. The first-order chi connectivity index (χ1) is 11.4. The molecule has 6 nitrogen and oxygen atoms in total. The van der Waals surface area contributed by atoms with Crippen LogP contribution in [0.5, 0.6) is 0 Å². The van der Waals surface area contributed by atoms with Crippen LogP contribution in [0.25, 0.3) is 22.6 Å². The molecule has 3 rings (SSSR count). The van der Waals surface area contributed by atoms with Crippen molar-refractivity contribution >= 4 is 15.8 Å². The van der Waals surface area contributed by atoms with E-state index < -0.39 is 21.7 Å². The highest BCUT2D eigenvalue weighted by molar-refractivity contribution is 7.90. The highest BCUT2D eigenvalue weighted by atomic mass is 32.2. The Hall–Kier alpha value is -2.93. The third-order valence-corrected chi connectivity index (χ3v) is 4.53. The Morgan fingerprint density at radius 1 is 1.00 bits per heavy atom. The van der Waals surface area contributed by atoms with Crippen molar-refractivity contribution in [3.05, 3.63) is 60.5 Å². The second-order valence-corrected chi connectivity index (χ2v) is 7.18. The summed E-state index contributed by atoms with van der Waals surface area (Å²) in [7, 11) is -3.31. The van der Waals surface area contributed by atoms with Crippen LogP contribution in [0.4, 0.5) is 0 Å². The minimum absolute atomic E-state index is 0.175. The number of hydrogen-bond donors (Lipinski definition) is 1. The van der Waals surface area contributed by atoms with Crippen LogP contribution in [0.15, 0.2) is 63.9 Å². The van der Waals surface area contributed by atoms with Crippen LogP contribution in [0.2, 0.25) is 0 Å². The second kappa shape index (κ2) is 5.93. The molecule has 0 fully saturated rings. The van der Waals surface area contributed by atoms with E-state index in [0.29, 0.717) is 22.6 Å². The predicted molar refractivity (Wildman–Crippen MR) is 87.4 cm³/mol. The highest BCUT2D eigenvalue weighted by Crippen LogP contribution is 2.33. The Kier molecular flexibility index (Phi) is 3.94. The molecule has 0 aliphatic heterocycles. The van der Waals surface area contributed by atoms with Crippen LogP contribution in [-0.2, 0) is 9.84 Å². The number of carboxylic acid groups (broad SMARTS) is 1. The first-order valence-electron chi connectivity index (χ1n) is 6.96. The topological polar surface area (TPSA) is 97.5 Å². The van der Waals surface area contributed by atoms with Gasteiger partial charge in [0.05, 0.1) is 4.90 Å². The number of carbonyl (C=O) groups is 1. The second-order valence-electron chi connectivity index (χ2n) is 5.16. The third-order valence-electron chi connectivity index (χ3n) is 3.40. The lowest BCUT2D eigenvalue weighted by Crippen LogP contribution is -1.97. The summed E-state index contributed by atoms with van der Waals surface area (Å²) < 4.78 is 28.5. The summed E-state index contributed by atoms with van der Waals surface area (Å²) in [6.07, 6.45) is 1.12. The molecule has 1 N–H and O–H groups in total. The van der Waals surface area contributed by atoms with Crippen LogP contribution in [0, 0.1) is 0 Å². The third kappa shape index (κ3) is 3.07. The van der Waals surface area contributed by atoms with Crippen molar-refractivity contribution in [2.75, 3.05) is 6.26 Å². The van der Waals surface area contributed by atoms with E-state index in [2.05, 4.69) is 4.98 Å². The molecular weight excluding hydrogens is 330 g/mol. The van der Waals surface area contributed by atoms with Crippen LogP contribution < -0.4 is 0 Å². The van der Waals surface area contributed by atoms with Crippen molar-refractivity contribution in [2.45, 2.75) is 4.90 Å². The molecule has 3 aromatic rings. The van der Waals surface area contributed by atoms with E-state index >= 15 is 0 Å². The van der Waals surface area contributed by atoms with E-state index in [1.54, 1.807) is 36.4 Å². The van der Waals surface area contributed by atoms with Gasteiger partial charge in [-0.15, -0.1) is 0 Å². The fraction of sp³-hybridized carbons (Fsp3) is 0.0588. The number of hydrogen-bond acceptors (Lipinski definition) is 5. The van der Waals surface area contributed by atoms with Gasteiger partial charge in [-0.2, -0.15) is 0 Å². The SMILES string of the molecule is CS(=O)(=O)c1ccc(-c2nc(C(=O)O)oc2-c2ccccc2)cc1. The molecule has 122 valence electrons. The van der Waals surface area contributed by atoms with Gasteiger partial charge < -0.3 is 9.52 Å². The number of sulfone groups is 1. The van der Waals surface area contributed by atoms with E-state index in [9.17, 15) is 13.2 Å². The number of benzene rings is 2. The largest absolute Gasteiger partial charge is 0.474 e. The van der Waals surface area contributed by atoms with Crippen molar-refractivity contribution in [3.8, 4) is 22.6 Å². The molecule has 0 saturated carbocycles. The number of rotatable bonds is 4. The van der Waals surface area contributed by atoms with E-state index in [1.807, 2.05) is 6.07 Å². The molecular formula is C17H13NO5S. The maximum absolute atomic E-state index is 11.6. The maximum Gasteiger partial charge on any atom is 0.392 e. The van der Waals surface area contributed by atoms with Crippen LogP contribution in [0.1, 0.15) is 10.7 Å². The van der Waals surface area contributed by atoms with E-state index in [1.165, 1.54) is 12.1 Å². The Balaban J connectivity index is 2.15. The molecule has 1 heterocycles. The molecule has 0 radical (unpaired) electrons. The molecule has 0 atom stereocenters. The first kappa shape index (κ1) is 15.9. The van der Waals surface area contributed by atoms with Crippen molar-refractivity contribution < 1.29 is 22.7 Å². The standard InChI is InChI=1S/C17H13NO5S/c1-24(21,22)13-9-7-11(8-10-13)14-15(12-5-3-2-4-6-12)23-16(18-14)17(19)20/h2-10H,1H3,(H,19,20). The average molecular weight is 343 g/mol. The van der Waals surface area contributed by atoms with Gasteiger partial charge in [0.15, 0.2) is 15.6 Å². The lowest BCUT2D eigenvalue weighted by Gasteiger charge is -2.03. The molecule has 0 spiro atoms. The number of oxazole rings is 1. The van der Waals surface area contributed by atoms with E-state index in [-0.39, 0.29) is 4.90 Å². The van der Waals surface area contributed by atoms with Gasteiger partial charge in [-0.25, -0.2) is 18.2 Å². The Labute approximate surface area is 138 Å². The van der Waals surface area contributed by atoms with Crippen LogP contribution in [-0.4, -0.2) is 30.7 Å². The summed E-state index contributed by atoms with van der Waals surface area (Å²) in [6.45, 7) is 0. The van der Waals surface area contributed by atoms with Crippen molar-refractivity contribution in [1.82, 2.24) is 4.98 Å². The highest BCUT2D eigenvalue weighted by Gasteiger charge is 2.21. The fourth-order valence-corrected chi connectivity index (χ4v) is 2.88. The number of aromatic nitrogens is 1. The molecule has 0 unspecified atom stereocenters. The van der Waals surface area contributed by atoms with Crippen molar-refractivity contribution in [1.29, 1.82) is 0 Å². The molecule has 24 heavy (non-hydrogen) atoms. The van der Waals surface area contributed by atoms with Gasteiger partial charge in [-0.3, -0.25) is 0 Å². The van der Waals surface area contributed by atoms with Crippen LogP contribution >= 0.6 is 0 Å². The van der Waals surface area contributed by atoms with E-state index in [0.717, 1.165) is 6.26 Å². The molecule has 0 aliphatic carbocycles. The summed E-state index contributed by atoms with van der Waals surface area (Å²) >= 11 is 0. The summed E-state index contributed by atoms with van der Waals surface area (Å²) in [5.74, 6) is -1.37. The first-order valence-corrected chi connectivity index (χ1v) is 8.85. The zero-order valence-electron chi connectivity index (χ0n) is 12.6. The summed E-state index contributed by atoms with van der Waals surface area (Å²) in [4.78, 5) is 15.4. The van der Waals surface area contributed by atoms with Gasteiger partial charge in [-0.05, 0) is 12.1 Å². The summed E-state index contributed by atoms with van der Waals surface area (Å²) in [6, 6.07) is 15.0. The minimum Gasteiger partial charge on any atom is -0.474 e. The normalized spacial score (nSPS) is 11.4. The van der Waals surface area contributed by atoms with Gasteiger partial charge in [0.1, 0.15) is 5.69 Å². The molecule has 1 aromatic heterocycles.